The predicted octanol–water partition coefficient (Wildman–Crippen LogP) is 2.20. The van der Waals surface area contributed by atoms with Gasteiger partial charge in [-0.3, -0.25) is 0 Å². The zero-order chi connectivity index (χ0) is 12.4. The fourth-order valence-electron chi connectivity index (χ4n) is 1.71. The molecule has 0 fully saturated rings. The summed E-state index contributed by atoms with van der Waals surface area (Å²) in [6.45, 7) is 5.03. The molecule has 0 amide bonds. The van der Waals surface area contributed by atoms with Gasteiger partial charge in [0.2, 0.25) is 0 Å². The number of carbonyl (C=O) groups excluding carboxylic acids is 1. The standard InChI is InChI=1S/C11H24O4Si/c1-5-16(6-2,14-4)9-7-8-15-10-11(12)13-3/h5-10H2,1-4H3. The van der Waals surface area contributed by atoms with E-state index in [9.17, 15) is 4.79 Å². The van der Waals surface area contributed by atoms with Crippen LogP contribution < -0.4 is 0 Å². The van der Waals surface area contributed by atoms with Crippen molar-refractivity contribution in [3.8, 4) is 0 Å². The summed E-state index contributed by atoms with van der Waals surface area (Å²) >= 11 is 0. The zero-order valence-electron chi connectivity index (χ0n) is 10.9. The SMILES string of the molecule is CC[Si](CC)(CCCOCC(=O)OC)OC. The van der Waals surface area contributed by atoms with Gasteiger partial charge in [0.1, 0.15) is 6.61 Å². The highest BCUT2D eigenvalue weighted by Gasteiger charge is 2.28. The molecule has 0 saturated carbocycles. The monoisotopic (exact) mass is 248 g/mol. The molecule has 0 N–H and O–H groups in total. The van der Waals surface area contributed by atoms with E-state index in [-0.39, 0.29) is 12.6 Å². The predicted molar refractivity (Wildman–Crippen MR) is 66.0 cm³/mol. The Kier molecular flexibility index (Phi) is 8.51. The maximum absolute atomic E-state index is 10.8. The molecule has 0 aromatic rings. The maximum atomic E-state index is 10.8. The van der Waals surface area contributed by atoms with Gasteiger partial charge in [-0.05, 0) is 24.6 Å². The molecule has 96 valence electrons. The summed E-state index contributed by atoms with van der Waals surface area (Å²) in [5.41, 5.74) is 0. The van der Waals surface area contributed by atoms with Crippen LogP contribution in [-0.2, 0) is 18.7 Å². The summed E-state index contributed by atoms with van der Waals surface area (Å²) in [7, 11) is 1.68. The molecular weight excluding hydrogens is 224 g/mol. The number of hydrogen-bond donors (Lipinski definition) is 0. The molecule has 5 heteroatoms. The summed E-state index contributed by atoms with van der Waals surface area (Å²) in [5.74, 6) is -0.318. The molecule has 0 aliphatic carbocycles. The highest BCUT2D eigenvalue weighted by Crippen LogP contribution is 2.22. The first-order valence-corrected chi connectivity index (χ1v) is 8.36. The molecule has 16 heavy (non-hydrogen) atoms. The van der Waals surface area contributed by atoms with Crippen LogP contribution in [0.1, 0.15) is 20.3 Å². The van der Waals surface area contributed by atoms with Gasteiger partial charge in [0.15, 0.2) is 8.32 Å². The summed E-state index contributed by atoms with van der Waals surface area (Å²) in [4.78, 5) is 10.8. The fourth-order valence-corrected chi connectivity index (χ4v) is 4.48. The number of rotatable bonds is 9. The summed E-state index contributed by atoms with van der Waals surface area (Å²) in [6.07, 6.45) is 0.957. The maximum Gasteiger partial charge on any atom is 0.331 e. The molecular formula is C11H24O4Si. The molecule has 4 nitrogen and oxygen atoms in total. The molecule has 0 aliphatic rings. The summed E-state index contributed by atoms with van der Waals surface area (Å²) < 4.78 is 15.4. The fraction of sp³-hybridized carbons (Fsp3) is 0.909. The van der Waals surface area contributed by atoms with Gasteiger partial charge in [-0.15, -0.1) is 0 Å². The van der Waals surface area contributed by atoms with Crippen LogP contribution in [-0.4, -0.2) is 41.7 Å². The Bertz CT molecular complexity index is 184. The average Bonchev–Trinajstić information content (AvgIpc) is 2.34. The first-order valence-electron chi connectivity index (χ1n) is 5.83. The van der Waals surface area contributed by atoms with Gasteiger partial charge < -0.3 is 13.9 Å². The lowest BCUT2D eigenvalue weighted by molar-refractivity contribution is -0.145. The van der Waals surface area contributed by atoms with Gasteiger partial charge in [-0.2, -0.15) is 0 Å². The quantitative estimate of drug-likeness (QED) is 0.356. The highest BCUT2D eigenvalue weighted by molar-refractivity contribution is 6.73. The average molecular weight is 248 g/mol. The second-order valence-corrected chi connectivity index (χ2v) is 8.52. The van der Waals surface area contributed by atoms with E-state index >= 15 is 0 Å². The lowest BCUT2D eigenvalue weighted by Gasteiger charge is -2.26. The summed E-state index contributed by atoms with van der Waals surface area (Å²) in [6, 6.07) is 3.37. The van der Waals surface area contributed by atoms with Crippen molar-refractivity contribution in [1.29, 1.82) is 0 Å². The van der Waals surface area contributed by atoms with Crippen LogP contribution in [0.5, 0.6) is 0 Å². The Balaban J connectivity index is 3.67. The third kappa shape index (κ3) is 5.63. The van der Waals surface area contributed by atoms with E-state index < -0.39 is 8.32 Å². The van der Waals surface area contributed by atoms with E-state index in [4.69, 9.17) is 9.16 Å². The number of esters is 1. The van der Waals surface area contributed by atoms with E-state index in [1.807, 2.05) is 7.11 Å². The van der Waals surface area contributed by atoms with Gasteiger partial charge in [-0.25, -0.2) is 4.79 Å². The van der Waals surface area contributed by atoms with Crippen molar-refractivity contribution in [1.82, 2.24) is 0 Å². The molecule has 0 saturated heterocycles. The van der Waals surface area contributed by atoms with Crippen LogP contribution in [0.3, 0.4) is 0 Å². The summed E-state index contributed by atoms with van der Waals surface area (Å²) in [5, 5.41) is 0. The van der Waals surface area contributed by atoms with E-state index in [0.717, 1.165) is 24.6 Å². The van der Waals surface area contributed by atoms with Gasteiger partial charge in [0.05, 0.1) is 7.11 Å². The molecule has 0 aliphatic heterocycles. The van der Waals surface area contributed by atoms with Crippen molar-refractivity contribution in [3.63, 3.8) is 0 Å². The van der Waals surface area contributed by atoms with Crippen LogP contribution in [0.4, 0.5) is 0 Å². The van der Waals surface area contributed by atoms with Gasteiger partial charge >= 0.3 is 5.97 Å². The third-order valence-corrected chi connectivity index (χ3v) is 7.80. The Hall–Kier alpha value is -0.393. The van der Waals surface area contributed by atoms with Crippen molar-refractivity contribution in [2.75, 3.05) is 27.4 Å². The minimum atomic E-state index is -1.50. The normalized spacial score (nSPS) is 11.5. The first-order chi connectivity index (χ1) is 7.64. The minimum Gasteiger partial charge on any atom is -0.467 e. The van der Waals surface area contributed by atoms with E-state index in [1.165, 1.54) is 7.11 Å². The Morgan fingerprint density at radius 2 is 1.81 bits per heavy atom. The topological polar surface area (TPSA) is 44.8 Å². The number of methoxy groups -OCH3 is 1. The zero-order valence-corrected chi connectivity index (χ0v) is 11.9. The van der Waals surface area contributed by atoms with Crippen LogP contribution in [0.2, 0.25) is 18.1 Å². The van der Waals surface area contributed by atoms with E-state index in [1.54, 1.807) is 0 Å². The Morgan fingerprint density at radius 1 is 1.19 bits per heavy atom. The molecule has 0 aromatic carbocycles. The van der Waals surface area contributed by atoms with Crippen LogP contribution in [0.25, 0.3) is 0 Å². The van der Waals surface area contributed by atoms with Crippen molar-refractivity contribution in [2.45, 2.75) is 38.4 Å². The van der Waals surface area contributed by atoms with Crippen LogP contribution in [0.15, 0.2) is 0 Å². The van der Waals surface area contributed by atoms with Crippen molar-refractivity contribution >= 4 is 14.3 Å². The number of hydrogen-bond acceptors (Lipinski definition) is 4. The molecule has 0 radical (unpaired) electrons. The highest BCUT2D eigenvalue weighted by atomic mass is 28.4. The van der Waals surface area contributed by atoms with E-state index in [0.29, 0.717) is 6.61 Å². The third-order valence-electron chi connectivity index (χ3n) is 3.09. The second kappa shape index (κ2) is 8.72. The van der Waals surface area contributed by atoms with E-state index in [2.05, 4.69) is 18.6 Å². The minimum absolute atomic E-state index is 0.0519. The smallest absolute Gasteiger partial charge is 0.331 e. The molecule has 0 heterocycles. The molecule has 0 unspecified atom stereocenters. The largest absolute Gasteiger partial charge is 0.467 e. The van der Waals surface area contributed by atoms with Crippen molar-refractivity contribution < 1.29 is 18.7 Å². The lowest BCUT2D eigenvalue weighted by Crippen LogP contribution is -2.35. The number of carbonyl (C=O) groups is 1. The first kappa shape index (κ1) is 15.6. The Labute approximate surface area is 99.4 Å². The van der Waals surface area contributed by atoms with Gasteiger partial charge in [0.25, 0.3) is 0 Å². The molecule has 0 atom stereocenters. The Morgan fingerprint density at radius 3 is 2.25 bits per heavy atom. The molecule has 0 bridgehead atoms. The molecule has 0 aromatic heterocycles. The van der Waals surface area contributed by atoms with Crippen LogP contribution >= 0.6 is 0 Å². The van der Waals surface area contributed by atoms with Crippen molar-refractivity contribution in [2.24, 2.45) is 0 Å². The number of ether oxygens (including phenoxy) is 2. The lowest BCUT2D eigenvalue weighted by atomic mass is 10.5. The van der Waals surface area contributed by atoms with Crippen LogP contribution in [0, 0.1) is 0 Å². The van der Waals surface area contributed by atoms with Gasteiger partial charge in [0, 0.05) is 13.7 Å². The molecule has 0 rings (SSSR count). The van der Waals surface area contributed by atoms with Crippen molar-refractivity contribution in [3.05, 3.63) is 0 Å². The second-order valence-electron chi connectivity index (χ2n) is 3.83. The molecule has 0 spiro atoms. The van der Waals surface area contributed by atoms with Gasteiger partial charge in [-0.1, -0.05) is 13.8 Å².